The number of nitrogens with one attached hydrogen (secondary N) is 3. The number of aromatic nitrogens is 15. The largest absolute Gasteiger partial charge is 0.337 e. The minimum absolute atomic E-state index is 0.508. The van der Waals surface area contributed by atoms with Crippen molar-refractivity contribution in [3.05, 3.63) is 125 Å². The van der Waals surface area contributed by atoms with Crippen LogP contribution in [0.5, 0.6) is 0 Å². The third kappa shape index (κ3) is 5.49. The van der Waals surface area contributed by atoms with Gasteiger partial charge in [0.1, 0.15) is 17.1 Å². The van der Waals surface area contributed by atoms with Crippen molar-refractivity contribution in [3.8, 4) is 34.6 Å². The van der Waals surface area contributed by atoms with Crippen molar-refractivity contribution in [1.82, 2.24) is 74.9 Å². The number of imidazole rings is 3. The van der Waals surface area contributed by atoms with Gasteiger partial charge < -0.3 is 15.0 Å². The zero-order valence-electron chi connectivity index (χ0n) is 29.6. The summed E-state index contributed by atoms with van der Waals surface area (Å²) >= 11 is 0. The third-order valence-corrected chi connectivity index (χ3v) is 10.2. The van der Waals surface area contributed by atoms with Crippen molar-refractivity contribution < 1.29 is 0 Å². The highest BCUT2D eigenvalue weighted by molar-refractivity contribution is 5.80. The number of hydrogen-bond acceptors (Lipinski definition) is 9. The van der Waals surface area contributed by atoms with Gasteiger partial charge in [0.15, 0.2) is 17.5 Å². The van der Waals surface area contributed by atoms with Crippen molar-refractivity contribution in [3.63, 3.8) is 0 Å². The first-order valence-electron chi connectivity index (χ1n) is 17.6. The van der Waals surface area contributed by atoms with Crippen LogP contribution in [0.25, 0.3) is 67.7 Å². The number of aromatic amines is 3. The van der Waals surface area contributed by atoms with Crippen LogP contribution in [0.4, 0.5) is 0 Å². The van der Waals surface area contributed by atoms with Crippen LogP contribution >= 0.6 is 0 Å². The van der Waals surface area contributed by atoms with Crippen molar-refractivity contribution >= 4 is 33.1 Å². The number of para-hydroxylation sites is 6. The molecule has 6 aromatic heterocycles. The first-order valence-corrected chi connectivity index (χ1v) is 17.6. The van der Waals surface area contributed by atoms with E-state index >= 15 is 0 Å². The number of rotatable bonds is 9. The lowest BCUT2D eigenvalue weighted by Crippen LogP contribution is -2.15. The van der Waals surface area contributed by atoms with Gasteiger partial charge in [0.05, 0.1) is 71.3 Å². The van der Waals surface area contributed by atoms with E-state index in [9.17, 15) is 0 Å². The Bertz CT molecular complexity index is 2550. The summed E-state index contributed by atoms with van der Waals surface area (Å²) in [6.07, 6.45) is 5.80. The summed E-state index contributed by atoms with van der Waals surface area (Å²) < 4.78 is 5.60. The zero-order valence-corrected chi connectivity index (χ0v) is 29.6. The van der Waals surface area contributed by atoms with E-state index in [0.717, 1.165) is 66.5 Å². The lowest BCUT2D eigenvalue weighted by Gasteiger charge is -2.22. The molecule has 0 atom stereocenters. The number of H-pyrrole nitrogens is 3. The smallest absolute Gasteiger partial charge is 0.160 e. The van der Waals surface area contributed by atoms with Gasteiger partial charge >= 0.3 is 0 Å². The van der Waals surface area contributed by atoms with E-state index in [4.69, 9.17) is 15.0 Å². The summed E-state index contributed by atoms with van der Waals surface area (Å²) in [4.78, 5) is 24.3. The monoisotopic (exact) mass is 711 g/mol. The van der Waals surface area contributed by atoms with Crippen molar-refractivity contribution in [2.75, 3.05) is 0 Å². The fraction of sp³-hybridized carbons (Fsp3) is 0.154. The molecule has 4 aromatic carbocycles. The number of benzene rings is 4. The maximum Gasteiger partial charge on any atom is 0.160 e. The predicted octanol–water partition coefficient (Wildman–Crippen LogP) is 6.16. The molecule has 0 saturated heterocycles. The molecule has 54 heavy (non-hydrogen) atoms. The zero-order chi connectivity index (χ0) is 36.3. The Morgan fingerprint density at radius 1 is 0.426 bits per heavy atom. The van der Waals surface area contributed by atoms with Crippen molar-refractivity contribution in [2.24, 2.45) is 0 Å². The molecule has 0 amide bonds. The second-order valence-electron chi connectivity index (χ2n) is 13.5. The predicted molar refractivity (Wildman–Crippen MR) is 203 cm³/mol. The highest BCUT2D eigenvalue weighted by atomic mass is 15.4. The molecule has 15 nitrogen and oxygen atoms in total. The van der Waals surface area contributed by atoms with E-state index < -0.39 is 0 Å². The van der Waals surface area contributed by atoms with E-state index in [0.29, 0.717) is 54.2 Å². The molecular formula is C39H33N15. The minimum atomic E-state index is 0.508. The lowest BCUT2D eigenvalue weighted by atomic mass is 9.88. The van der Waals surface area contributed by atoms with Crippen molar-refractivity contribution in [1.29, 1.82) is 0 Å². The van der Waals surface area contributed by atoms with Crippen LogP contribution in [0.15, 0.2) is 91.4 Å². The second kappa shape index (κ2) is 12.4. The molecule has 10 rings (SSSR count). The molecule has 0 radical (unpaired) electrons. The quantitative estimate of drug-likeness (QED) is 0.158. The Morgan fingerprint density at radius 2 is 0.722 bits per heavy atom. The van der Waals surface area contributed by atoms with Gasteiger partial charge in [0.25, 0.3) is 0 Å². The first kappa shape index (κ1) is 31.4. The SMILES string of the molecule is Cc1c(Cn2cc(-c3nc4ccccc4[nH]3)nn2)c(C)c(Cn2cc(-c3nc4ccccc4[nH]3)nn2)c(C)c1Cn1cc(-c2nc3ccccc3[nH]2)nn1. The van der Waals surface area contributed by atoms with E-state index in [1.807, 2.05) is 105 Å². The average Bonchev–Trinajstić information content (AvgIpc) is 4.04. The topological polar surface area (TPSA) is 178 Å². The summed E-state index contributed by atoms with van der Waals surface area (Å²) in [6, 6.07) is 23.8. The molecule has 10 aromatic rings. The maximum atomic E-state index is 4.73. The third-order valence-electron chi connectivity index (χ3n) is 10.2. The molecular weight excluding hydrogens is 679 g/mol. The molecule has 0 bridgehead atoms. The van der Waals surface area contributed by atoms with Gasteiger partial charge in [-0.05, 0) is 90.6 Å². The summed E-state index contributed by atoms with van der Waals surface area (Å²) in [5.74, 6) is 2.04. The van der Waals surface area contributed by atoms with Crippen LogP contribution < -0.4 is 0 Å². The Morgan fingerprint density at radius 3 is 1.02 bits per heavy atom. The molecule has 0 aliphatic heterocycles. The summed E-state index contributed by atoms with van der Waals surface area (Å²) in [6.45, 7) is 8.02. The fourth-order valence-electron chi connectivity index (χ4n) is 7.26. The number of hydrogen-bond donors (Lipinski definition) is 3. The van der Waals surface area contributed by atoms with E-state index in [2.05, 4.69) is 66.7 Å². The number of fused-ring (bicyclic) bond motifs is 3. The van der Waals surface area contributed by atoms with Crippen LogP contribution in [-0.2, 0) is 19.6 Å². The molecule has 0 aliphatic rings. The first-order chi connectivity index (χ1) is 26.4. The minimum Gasteiger partial charge on any atom is -0.337 e. The Hall–Kier alpha value is -7.29. The molecule has 0 spiro atoms. The molecule has 15 heteroatoms. The summed E-state index contributed by atoms with van der Waals surface area (Å²) in [7, 11) is 0. The van der Waals surface area contributed by atoms with Gasteiger partial charge in [0.2, 0.25) is 0 Å². The van der Waals surface area contributed by atoms with E-state index in [1.165, 1.54) is 0 Å². The summed E-state index contributed by atoms with van der Waals surface area (Å²) in [5.41, 5.74) is 14.4. The van der Waals surface area contributed by atoms with Crippen LogP contribution in [0.3, 0.4) is 0 Å². The van der Waals surface area contributed by atoms with Crippen LogP contribution in [-0.4, -0.2) is 74.9 Å². The second-order valence-corrected chi connectivity index (χ2v) is 13.5. The lowest BCUT2D eigenvalue weighted by molar-refractivity contribution is 0.618. The molecule has 0 unspecified atom stereocenters. The molecule has 3 N–H and O–H groups in total. The highest BCUT2D eigenvalue weighted by Crippen LogP contribution is 2.31. The molecule has 0 saturated carbocycles. The van der Waals surface area contributed by atoms with Gasteiger partial charge in [0, 0.05) is 0 Å². The standard InChI is InChI=1S/C39H33N15/c1-22-25(16-52-19-34(46-49-52)37-40-28-10-4-5-11-29(28)41-37)23(2)27(18-54-21-36(48-51-54)39-44-32-14-8-9-15-33(32)45-39)24(3)26(22)17-53-20-35(47-50-53)38-42-30-12-6-7-13-31(30)43-38/h4-15,19-21H,16-18H2,1-3H3,(H,40,41)(H,42,43)(H,44,45). The van der Waals surface area contributed by atoms with Gasteiger partial charge in [-0.25, -0.2) is 29.0 Å². The van der Waals surface area contributed by atoms with Crippen LogP contribution in [0.2, 0.25) is 0 Å². The van der Waals surface area contributed by atoms with Gasteiger partial charge in [-0.15, -0.1) is 15.3 Å². The molecule has 6 heterocycles. The molecule has 264 valence electrons. The van der Waals surface area contributed by atoms with E-state index in [1.54, 1.807) is 0 Å². The molecule has 0 aliphatic carbocycles. The Labute approximate surface area is 307 Å². The molecule has 0 fully saturated rings. The number of nitrogens with zero attached hydrogens (tertiary/aromatic N) is 12. The van der Waals surface area contributed by atoms with Gasteiger partial charge in [-0.2, -0.15) is 0 Å². The highest BCUT2D eigenvalue weighted by Gasteiger charge is 2.21. The Balaban J connectivity index is 1.01. The van der Waals surface area contributed by atoms with Gasteiger partial charge in [-0.3, -0.25) is 0 Å². The fourth-order valence-corrected chi connectivity index (χ4v) is 7.26. The Kier molecular flexibility index (Phi) is 7.24. The van der Waals surface area contributed by atoms with Gasteiger partial charge in [-0.1, -0.05) is 52.0 Å². The summed E-state index contributed by atoms with van der Waals surface area (Å²) in [5, 5.41) is 27.0. The van der Waals surface area contributed by atoms with E-state index in [-0.39, 0.29) is 0 Å². The maximum absolute atomic E-state index is 4.73. The van der Waals surface area contributed by atoms with Crippen LogP contribution in [0.1, 0.15) is 33.4 Å². The van der Waals surface area contributed by atoms with Crippen molar-refractivity contribution in [2.45, 2.75) is 40.4 Å². The van der Waals surface area contributed by atoms with Crippen LogP contribution in [0, 0.1) is 20.8 Å². The average molecular weight is 712 g/mol. The normalized spacial score (nSPS) is 11.8.